The lowest BCUT2D eigenvalue weighted by Crippen LogP contribution is -2.42. The first-order chi connectivity index (χ1) is 11.9. The molecule has 1 aromatic carbocycles. The molecule has 0 aliphatic carbocycles. The average Bonchev–Trinajstić information content (AvgIpc) is 2.59. The van der Waals surface area contributed by atoms with Gasteiger partial charge in [0.1, 0.15) is 5.75 Å². The molecule has 4 nitrogen and oxygen atoms in total. The third-order valence-corrected chi connectivity index (χ3v) is 5.34. The summed E-state index contributed by atoms with van der Waals surface area (Å²) in [6.07, 6.45) is 3.23. The fraction of sp³-hybridized carbons (Fsp3) is 0.714. The summed E-state index contributed by atoms with van der Waals surface area (Å²) in [5, 5.41) is 0. The molecule has 0 spiro atoms. The predicted molar refractivity (Wildman–Crippen MR) is 105 cm³/mol. The van der Waals surface area contributed by atoms with Crippen molar-refractivity contribution in [3.05, 3.63) is 29.8 Å². The summed E-state index contributed by atoms with van der Waals surface area (Å²) in [6, 6.07) is 9.36. The van der Waals surface area contributed by atoms with Crippen molar-refractivity contribution in [2.75, 3.05) is 54.1 Å². The highest BCUT2D eigenvalue weighted by Gasteiger charge is 2.34. The quantitative estimate of drug-likeness (QED) is 0.639. The van der Waals surface area contributed by atoms with Crippen molar-refractivity contribution in [3.63, 3.8) is 0 Å². The molecule has 0 unspecified atom stereocenters. The Hall–Kier alpha value is -1.10. The van der Waals surface area contributed by atoms with Crippen LogP contribution in [-0.2, 0) is 10.2 Å². The molecule has 2 rings (SSSR count). The first kappa shape index (κ1) is 20.2. The Morgan fingerprint density at radius 3 is 2.28 bits per heavy atom. The number of likely N-dealkylation sites (N-methyl/N-ethyl adjacent to an activating group) is 1. The van der Waals surface area contributed by atoms with Gasteiger partial charge in [0.15, 0.2) is 0 Å². The van der Waals surface area contributed by atoms with Crippen LogP contribution < -0.4 is 4.74 Å². The van der Waals surface area contributed by atoms with Gasteiger partial charge in [-0.1, -0.05) is 12.1 Å². The van der Waals surface area contributed by atoms with Crippen molar-refractivity contribution < 1.29 is 9.47 Å². The fourth-order valence-corrected chi connectivity index (χ4v) is 3.57. The molecule has 25 heavy (non-hydrogen) atoms. The van der Waals surface area contributed by atoms with E-state index in [4.69, 9.17) is 9.47 Å². The van der Waals surface area contributed by atoms with Crippen LogP contribution in [0.5, 0.6) is 5.75 Å². The molecule has 142 valence electrons. The van der Waals surface area contributed by atoms with Gasteiger partial charge in [0, 0.05) is 37.8 Å². The lowest BCUT2D eigenvalue weighted by Gasteiger charge is -2.39. The zero-order valence-corrected chi connectivity index (χ0v) is 16.8. The Morgan fingerprint density at radius 2 is 1.72 bits per heavy atom. The van der Waals surface area contributed by atoms with Crippen LogP contribution in [0.2, 0.25) is 0 Å². The highest BCUT2D eigenvalue weighted by molar-refractivity contribution is 5.33. The molecule has 1 aliphatic heterocycles. The van der Waals surface area contributed by atoms with Crippen LogP contribution in [0.15, 0.2) is 24.3 Å². The fourth-order valence-electron chi connectivity index (χ4n) is 3.57. The van der Waals surface area contributed by atoms with Gasteiger partial charge in [0.05, 0.1) is 6.61 Å². The maximum atomic E-state index is 5.93. The van der Waals surface area contributed by atoms with Gasteiger partial charge < -0.3 is 19.3 Å². The molecular weight excluding hydrogens is 312 g/mol. The minimum Gasteiger partial charge on any atom is -0.494 e. The van der Waals surface area contributed by atoms with Gasteiger partial charge >= 0.3 is 0 Å². The Kier molecular flexibility index (Phi) is 7.73. The lowest BCUT2D eigenvalue weighted by atomic mass is 9.74. The van der Waals surface area contributed by atoms with E-state index in [-0.39, 0.29) is 5.41 Å². The van der Waals surface area contributed by atoms with E-state index in [2.05, 4.69) is 69.1 Å². The number of rotatable bonds is 9. The smallest absolute Gasteiger partial charge is 0.119 e. The monoisotopic (exact) mass is 348 g/mol. The topological polar surface area (TPSA) is 24.9 Å². The second-order valence-corrected chi connectivity index (χ2v) is 7.93. The summed E-state index contributed by atoms with van der Waals surface area (Å²) in [5.74, 6) is 0.975. The Bertz CT molecular complexity index is 493. The van der Waals surface area contributed by atoms with E-state index in [1.165, 1.54) is 5.56 Å². The van der Waals surface area contributed by atoms with E-state index in [1.54, 1.807) is 0 Å². The molecule has 4 heteroatoms. The molecule has 1 heterocycles. The SMILES string of the molecule is CC(C)N(C)CCCOc1ccc(C2(CN(C)C)CCOCC2)cc1. The lowest BCUT2D eigenvalue weighted by molar-refractivity contribution is 0.0401. The standard InChI is InChI=1S/C21H36N2O2/c1-18(2)23(5)13-6-14-25-20-9-7-19(8-10-20)21(17-22(3)4)11-15-24-16-12-21/h7-10,18H,6,11-17H2,1-5H3. The Balaban J connectivity index is 1.91. The van der Waals surface area contributed by atoms with Gasteiger partial charge in [0.2, 0.25) is 0 Å². The third-order valence-electron chi connectivity index (χ3n) is 5.34. The van der Waals surface area contributed by atoms with E-state index in [0.717, 1.165) is 57.9 Å². The highest BCUT2D eigenvalue weighted by Crippen LogP contribution is 2.36. The van der Waals surface area contributed by atoms with E-state index >= 15 is 0 Å². The first-order valence-corrected chi connectivity index (χ1v) is 9.59. The van der Waals surface area contributed by atoms with E-state index < -0.39 is 0 Å². The summed E-state index contributed by atoms with van der Waals surface area (Å²) in [5.41, 5.74) is 1.62. The first-order valence-electron chi connectivity index (χ1n) is 9.59. The second kappa shape index (κ2) is 9.56. The van der Waals surface area contributed by atoms with Gasteiger partial charge in [-0.15, -0.1) is 0 Å². The van der Waals surface area contributed by atoms with Crippen LogP contribution in [0.25, 0.3) is 0 Å². The maximum absolute atomic E-state index is 5.93. The zero-order valence-electron chi connectivity index (χ0n) is 16.8. The molecule has 0 aromatic heterocycles. The summed E-state index contributed by atoms with van der Waals surface area (Å²) >= 11 is 0. The van der Waals surface area contributed by atoms with Crippen molar-refractivity contribution >= 4 is 0 Å². The van der Waals surface area contributed by atoms with Crippen LogP contribution in [0.3, 0.4) is 0 Å². The van der Waals surface area contributed by atoms with Gasteiger partial charge in [-0.05, 0) is 71.9 Å². The van der Waals surface area contributed by atoms with Crippen molar-refractivity contribution in [2.24, 2.45) is 0 Å². The Morgan fingerprint density at radius 1 is 1.08 bits per heavy atom. The minimum atomic E-state index is 0.209. The highest BCUT2D eigenvalue weighted by atomic mass is 16.5. The molecule has 0 atom stereocenters. The molecule has 1 saturated heterocycles. The number of ether oxygens (including phenoxy) is 2. The number of hydrogen-bond donors (Lipinski definition) is 0. The molecule has 0 amide bonds. The normalized spacial score (nSPS) is 17.4. The van der Waals surface area contributed by atoms with Crippen LogP contribution in [0.4, 0.5) is 0 Å². The predicted octanol–water partition coefficient (Wildman–Crippen LogP) is 3.41. The maximum Gasteiger partial charge on any atom is 0.119 e. The van der Waals surface area contributed by atoms with Crippen LogP contribution in [0.1, 0.15) is 38.7 Å². The van der Waals surface area contributed by atoms with Gasteiger partial charge in [-0.3, -0.25) is 0 Å². The molecule has 0 saturated carbocycles. The number of benzene rings is 1. The Labute approximate surface area is 154 Å². The largest absolute Gasteiger partial charge is 0.494 e. The van der Waals surface area contributed by atoms with E-state index in [9.17, 15) is 0 Å². The summed E-state index contributed by atoms with van der Waals surface area (Å²) < 4.78 is 11.5. The molecule has 0 radical (unpaired) electrons. The summed E-state index contributed by atoms with van der Waals surface area (Å²) in [6.45, 7) is 9.07. The van der Waals surface area contributed by atoms with Crippen molar-refractivity contribution in [1.82, 2.24) is 9.80 Å². The number of nitrogens with zero attached hydrogens (tertiary/aromatic N) is 2. The van der Waals surface area contributed by atoms with Crippen molar-refractivity contribution in [3.8, 4) is 5.75 Å². The summed E-state index contributed by atoms with van der Waals surface area (Å²) in [7, 11) is 6.48. The molecule has 1 aromatic rings. The third kappa shape index (κ3) is 5.98. The van der Waals surface area contributed by atoms with Crippen LogP contribution in [0, 0.1) is 0 Å². The summed E-state index contributed by atoms with van der Waals surface area (Å²) in [4.78, 5) is 4.64. The van der Waals surface area contributed by atoms with Crippen LogP contribution >= 0.6 is 0 Å². The minimum absolute atomic E-state index is 0.209. The average molecular weight is 349 g/mol. The van der Waals surface area contributed by atoms with E-state index in [0.29, 0.717) is 6.04 Å². The van der Waals surface area contributed by atoms with Crippen molar-refractivity contribution in [1.29, 1.82) is 0 Å². The van der Waals surface area contributed by atoms with Gasteiger partial charge in [-0.25, -0.2) is 0 Å². The molecule has 1 aliphatic rings. The van der Waals surface area contributed by atoms with Gasteiger partial charge in [0.25, 0.3) is 0 Å². The van der Waals surface area contributed by atoms with E-state index in [1.807, 2.05) is 0 Å². The van der Waals surface area contributed by atoms with Gasteiger partial charge in [-0.2, -0.15) is 0 Å². The second-order valence-electron chi connectivity index (χ2n) is 7.93. The van der Waals surface area contributed by atoms with Crippen LogP contribution in [-0.4, -0.2) is 69.9 Å². The molecule has 0 bridgehead atoms. The zero-order chi connectivity index (χ0) is 18.3. The molecular formula is C21H36N2O2. The van der Waals surface area contributed by atoms with Crippen molar-refractivity contribution in [2.45, 2.75) is 44.6 Å². The molecule has 0 N–H and O–H groups in total. The number of hydrogen-bond acceptors (Lipinski definition) is 4. The molecule has 1 fully saturated rings.